The molecule has 0 radical (unpaired) electrons. The Kier molecular flexibility index (Phi) is 7.25. The molecule has 0 aliphatic heterocycles. The summed E-state index contributed by atoms with van der Waals surface area (Å²) in [6.45, 7) is 1.96. The summed E-state index contributed by atoms with van der Waals surface area (Å²) in [6, 6.07) is 15.7. The van der Waals surface area contributed by atoms with Crippen molar-refractivity contribution in [1.29, 1.82) is 10.5 Å². The van der Waals surface area contributed by atoms with Gasteiger partial charge in [0.05, 0.1) is 11.6 Å². The van der Waals surface area contributed by atoms with Crippen LogP contribution in [-0.4, -0.2) is 19.1 Å². The Morgan fingerprint density at radius 2 is 1.96 bits per heavy atom. The highest BCUT2D eigenvalue weighted by molar-refractivity contribution is 6.32. The van der Waals surface area contributed by atoms with E-state index in [0.29, 0.717) is 23.6 Å². The Morgan fingerprint density at radius 1 is 1.22 bits per heavy atom. The zero-order chi connectivity index (χ0) is 19.6. The van der Waals surface area contributed by atoms with Crippen LogP contribution in [0, 0.1) is 22.7 Å². The van der Waals surface area contributed by atoms with Gasteiger partial charge < -0.3 is 14.8 Å². The van der Waals surface area contributed by atoms with Gasteiger partial charge in [0.25, 0.3) is 5.91 Å². The van der Waals surface area contributed by atoms with E-state index in [9.17, 15) is 10.1 Å². The van der Waals surface area contributed by atoms with Crippen LogP contribution in [0.25, 0.3) is 6.08 Å². The number of ether oxygens (including phenoxy) is 2. The number of rotatable bonds is 7. The Balaban J connectivity index is 2.33. The minimum atomic E-state index is -0.539. The molecule has 1 amide bonds. The first-order valence-electron chi connectivity index (χ1n) is 8.03. The zero-order valence-electron chi connectivity index (χ0n) is 14.5. The van der Waals surface area contributed by atoms with E-state index in [4.69, 9.17) is 26.3 Å². The summed E-state index contributed by atoms with van der Waals surface area (Å²) in [5, 5.41) is 20.9. The van der Waals surface area contributed by atoms with Crippen molar-refractivity contribution in [3.8, 4) is 23.6 Å². The highest BCUT2D eigenvalue weighted by Gasteiger charge is 2.14. The SMILES string of the molecule is CCOc1cc(/C=C(\C#N)C(=O)Nc2ccccc2)cc(Cl)c1OCC#N. The minimum absolute atomic E-state index is 0.0944. The molecule has 0 saturated carbocycles. The lowest BCUT2D eigenvalue weighted by Crippen LogP contribution is -2.13. The molecule has 0 aliphatic rings. The van der Waals surface area contributed by atoms with Crippen LogP contribution in [0.1, 0.15) is 12.5 Å². The highest BCUT2D eigenvalue weighted by atomic mass is 35.5. The lowest BCUT2D eigenvalue weighted by atomic mass is 10.1. The van der Waals surface area contributed by atoms with Crippen molar-refractivity contribution in [2.45, 2.75) is 6.92 Å². The molecule has 2 aromatic carbocycles. The average molecular weight is 382 g/mol. The normalized spacial score (nSPS) is 10.4. The van der Waals surface area contributed by atoms with Gasteiger partial charge in [0.1, 0.15) is 17.7 Å². The maximum Gasteiger partial charge on any atom is 0.266 e. The number of carbonyl (C=O) groups excluding carboxylic acids is 1. The first-order chi connectivity index (χ1) is 13.1. The molecule has 7 heteroatoms. The second-order valence-electron chi connectivity index (χ2n) is 5.20. The van der Waals surface area contributed by atoms with Crippen molar-refractivity contribution < 1.29 is 14.3 Å². The highest BCUT2D eigenvalue weighted by Crippen LogP contribution is 2.37. The van der Waals surface area contributed by atoms with E-state index in [2.05, 4.69) is 5.32 Å². The van der Waals surface area contributed by atoms with Gasteiger partial charge in [0.2, 0.25) is 0 Å². The van der Waals surface area contributed by atoms with Gasteiger partial charge >= 0.3 is 0 Å². The van der Waals surface area contributed by atoms with Crippen LogP contribution in [0.4, 0.5) is 5.69 Å². The number of amides is 1. The van der Waals surface area contributed by atoms with E-state index in [1.165, 1.54) is 12.1 Å². The van der Waals surface area contributed by atoms with E-state index < -0.39 is 5.91 Å². The Labute approximate surface area is 162 Å². The summed E-state index contributed by atoms with van der Waals surface area (Å²) in [5.41, 5.74) is 0.979. The Hall–Kier alpha value is -3.48. The fourth-order valence-electron chi connectivity index (χ4n) is 2.21. The molecule has 0 unspecified atom stereocenters. The van der Waals surface area contributed by atoms with Crippen LogP contribution in [0.2, 0.25) is 5.02 Å². The van der Waals surface area contributed by atoms with E-state index in [0.717, 1.165) is 0 Å². The molecule has 27 heavy (non-hydrogen) atoms. The lowest BCUT2D eigenvalue weighted by molar-refractivity contribution is -0.112. The van der Waals surface area contributed by atoms with Gasteiger partial charge in [0.15, 0.2) is 18.1 Å². The summed E-state index contributed by atoms with van der Waals surface area (Å²) in [6.07, 6.45) is 1.40. The van der Waals surface area contributed by atoms with E-state index in [1.54, 1.807) is 37.3 Å². The third-order valence-corrected chi connectivity index (χ3v) is 3.60. The molecule has 0 bridgehead atoms. The number of hydrogen-bond acceptors (Lipinski definition) is 5. The standard InChI is InChI=1S/C20H16ClN3O3/c1-2-26-18-12-14(11-17(21)19(18)27-9-8-22)10-15(13-23)20(25)24-16-6-4-3-5-7-16/h3-7,10-12H,2,9H2,1H3,(H,24,25)/b15-10+. The van der Waals surface area contributed by atoms with Crippen LogP contribution in [0.3, 0.4) is 0 Å². The van der Waals surface area contributed by atoms with Crippen LogP contribution in [0.15, 0.2) is 48.0 Å². The molecule has 0 fully saturated rings. The number of para-hydroxylation sites is 1. The number of nitrogens with one attached hydrogen (secondary N) is 1. The van der Waals surface area contributed by atoms with Gasteiger partial charge in [-0.2, -0.15) is 10.5 Å². The van der Waals surface area contributed by atoms with Gasteiger partial charge in [-0.25, -0.2) is 0 Å². The second-order valence-corrected chi connectivity index (χ2v) is 5.61. The predicted molar refractivity (Wildman–Crippen MR) is 102 cm³/mol. The smallest absolute Gasteiger partial charge is 0.266 e. The largest absolute Gasteiger partial charge is 0.490 e. The molecular formula is C20H16ClN3O3. The summed E-state index contributed by atoms with van der Waals surface area (Å²) < 4.78 is 10.8. The third-order valence-electron chi connectivity index (χ3n) is 3.32. The van der Waals surface area contributed by atoms with E-state index >= 15 is 0 Å². The average Bonchev–Trinajstić information content (AvgIpc) is 2.66. The number of anilines is 1. The van der Waals surface area contributed by atoms with Crippen LogP contribution in [-0.2, 0) is 4.79 Å². The summed E-state index contributed by atoms with van der Waals surface area (Å²) in [7, 11) is 0. The summed E-state index contributed by atoms with van der Waals surface area (Å²) in [4.78, 5) is 12.3. The van der Waals surface area contributed by atoms with E-state index in [1.807, 2.05) is 18.2 Å². The number of halogens is 1. The van der Waals surface area contributed by atoms with Crippen molar-refractivity contribution >= 4 is 29.3 Å². The molecule has 2 aromatic rings. The van der Waals surface area contributed by atoms with Crippen LogP contribution < -0.4 is 14.8 Å². The third kappa shape index (κ3) is 5.50. The maximum atomic E-state index is 12.3. The molecule has 1 N–H and O–H groups in total. The van der Waals surface area contributed by atoms with Crippen molar-refractivity contribution in [3.63, 3.8) is 0 Å². The van der Waals surface area contributed by atoms with Crippen molar-refractivity contribution in [3.05, 3.63) is 58.6 Å². The molecule has 6 nitrogen and oxygen atoms in total. The van der Waals surface area contributed by atoms with Crippen molar-refractivity contribution in [2.24, 2.45) is 0 Å². The molecule has 0 spiro atoms. The molecule has 0 aromatic heterocycles. The number of carbonyl (C=O) groups is 1. The maximum absolute atomic E-state index is 12.3. The van der Waals surface area contributed by atoms with Crippen molar-refractivity contribution in [1.82, 2.24) is 0 Å². The van der Waals surface area contributed by atoms with Gasteiger partial charge in [-0.3, -0.25) is 4.79 Å². The van der Waals surface area contributed by atoms with Crippen LogP contribution >= 0.6 is 11.6 Å². The summed E-state index contributed by atoms with van der Waals surface area (Å²) in [5.74, 6) is 0.0271. The second kappa shape index (κ2) is 9.86. The number of hydrogen-bond donors (Lipinski definition) is 1. The van der Waals surface area contributed by atoms with E-state index in [-0.39, 0.29) is 23.0 Å². The minimum Gasteiger partial charge on any atom is -0.490 e. The quantitative estimate of drug-likeness (QED) is 0.573. The molecule has 2 rings (SSSR count). The molecule has 0 heterocycles. The van der Waals surface area contributed by atoms with Gasteiger partial charge in [0, 0.05) is 5.69 Å². The Morgan fingerprint density at radius 3 is 2.59 bits per heavy atom. The number of nitrogens with zero attached hydrogens (tertiary/aromatic N) is 2. The molecule has 136 valence electrons. The molecule has 0 aliphatic carbocycles. The number of benzene rings is 2. The van der Waals surface area contributed by atoms with Crippen molar-refractivity contribution in [2.75, 3.05) is 18.5 Å². The Bertz CT molecular complexity index is 928. The lowest BCUT2D eigenvalue weighted by Gasteiger charge is -2.13. The summed E-state index contributed by atoms with van der Waals surface area (Å²) >= 11 is 6.21. The zero-order valence-corrected chi connectivity index (χ0v) is 15.3. The molecular weight excluding hydrogens is 366 g/mol. The van der Waals surface area contributed by atoms with Gasteiger partial charge in [-0.15, -0.1) is 0 Å². The topological polar surface area (TPSA) is 95.1 Å². The van der Waals surface area contributed by atoms with Crippen LogP contribution in [0.5, 0.6) is 11.5 Å². The van der Waals surface area contributed by atoms with Gasteiger partial charge in [-0.05, 0) is 42.8 Å². The number of nitriles is 2. The monoisotopic (exact) mass is 381 g/mol. The molecule has 0 saturated heterocycles. The van der Waals surface area contributed by atoms with Gasteiger partial charge in [-0.1, -0.05) is 29.8 Å². The fourth-order valence-corrected chi connectivity index (χ4v) is 2.49. The first-order valence-corrected chi connectivity index (χ1v) is 8.41. The first kappa shape index (κ1) is 19.8. The fraction of sp³-hybridized carbons (Fsp3) is 0.150. The predicted octanol–water partition coefficient (Wildman–Crippen LogP) is 4.19. The molecule has 0 atom stereocenters.